The summed E-state index contributed by atoms with van der Waals surface area (Å²) >= 11 is -2.05. The quantitative estimate of drug-likeness (QED) is 0.250. The van der Waals surface area contributed by atoms with Gasteiger partial charge in [-0.15, -0.1) is 0 Å². The number of hydrogen-bond acceptors (Lipinski definition) is 3. The first-order valence-corrected chi connectivity index (χ1v) is 22.3. The van der Waals surface area contributed by atoms with E-state index in [1.165, 1.54) is 25.3 Å². The molecule has 2 amide bonds. The van der Waals surface area contributed by atoms with Gasteiger partial charge in [0.05, 0.1) is 6.61 Å². The number of amides is 2. The van der Waals surface area contributed by atoms with Crippen LogP contribution in [0.4, 0.5) is 5.69 Å². The number of benzene rings is 2. The van der Waals surface area contributed by atoms with Crippen LogP contribution in [0.2, 0.25) is 14.8 Å². The molecule has 188 valence electrons. The Morgan fingerprint density at radius 2 is 1.69 bits per heavy atom. The molecule has 1 N–H and O–H groups in total. The van der Waals surface area contributed by atoms with E-state index in [9.17, 15) is 9.59 Å². The maximum absolute atomic E-state index is 11.9. The molecule has 1 saturated heterocycles. The van der Waals surface area contributed by atoms with Gasteiger partial charge in [0, 0.05) is 5.56 Å². The van der Waals surface area contributed by atoms with E-state index in [4.69, 9.17) is 4.74 Å². The molecule has 0 bridgehead atoms. The number of carbonyl (C=O) groups is 2. The molecule has 6 heteroatoms. The molecule has 3 rings (SSSR count). The third-order valence-corrected chi connectivity index (χ3v) is 11.9. The van der Waals surface area contributed by atoms with Gasteiger partial charge in [0.15, 0.2) is 0 Å². The molecule has 35 heavy (non-hydrogen) atoms. The summed E-state index contributed by atoms with van der Waals surface area (Å²) in [6, 6.07) is 12.2. The summed E-state index contributed by atoms with van der Waals surface area (Å²) in [6.45, 7) is 10.8. The van der Waals surface area contributed by atoms with Crippen molar-refractivity contribution < 1.29 is 14.3 Å². The Labute approximate surface area is 215 Å². The van der Waals surface area contributed by atoms with Gasteiger partial charge in [-0.05, 0) is 44.4 Å². The number of anilines is 1. The Hall–Kier alpha value is -2.54. The zero-order chi connectivity index (χ0) is 26.2. The van der Waals surface area contributed by atoms with Gasteiger partial charge in [-0.25, -0.2) is 0 Å². The third kappa shape index (κ3) is 7.72. The van der Waals surface area contributed by atoms with E-state index in [1.807, 2.05) is 31.2 Å². The molecule has 1 fully saturated rings. The van der Waals surface area contributed by atoms with Gasteiger partial charge in [-0.2, -0.15) is 0 Å². The Kier molecular flexibility index (Phi) is 10.6. The first-order valence-electron chi connectivity index (χ1n) is 12.3. The van der Waals surface area contributed by atoms with Gasteiger partial charge in [0.1, 0.15) is 5.75 Å². The van der Waals surface area contributed by atoms with Crippen LogP contribution in [0.5, 0.6) is 5.75 Å². The summed E-state index contributed by atoms with van der Waals surface area (Å²) in [5, 5.41) is 1.34. The Bertz CT molecular complexity index is 1080. The maximum atomic E-state index is 11.9. The molecule has 0 spiro atoms. The molecule has 1 aliphatic rings. The first kappa shape index (κ1) is 28.7. The van der Waals surface area contributed by atoms with Gasteiger partial charge in [0.25, 0.3) is 0 Å². The number of rotatable bonds is 7. The van der Waals surface area contributed by atoms with Crippen LogP contribution in [0.25, 0.3) is 6.08 Å². The summed E-state index contributed by atoms with van der Waals surface area (Å²) in [6.07, 6.45) is 9.26. The Morgan fingerprint density at radius 3 is 2.20 bits per heavy atom. The fourth-order valence-corrected chi connectivity index (χ4v) is 6.82. The van der Waals surface area contributed by atoms with Gasteiger partial charge in [-0.1, -0.05) is 37.3 Å². The zero-order valence-electron chi connectivity index (χ0n) is 22.4. The van der Waals surface area contributed by atoms with Crippen LogP contribution in [0.1, 0.15) is 43.9 Å². The molecule has 1 atom stereocenters. The van der Waals surface area contributed by atoms with Gasteiger partial charge < -0.3 is 4.74 Å². The molecule has 2 aromatic rings. The standard InChI is InChI=1S/C16H22O.C10H9N2O2.3CH3.Sn/c1-5-7-8-9-15-14(4)13(3)10-11-16(15)17-12-6-2;1-7-9(13)11-12(10(7)14)8-5-3-2-4-6-8;;;;/h5,7-11H,6,12H2,1-4H3;3-7H,1H3,(H,11,13);3*1H3;/b7-5-,9-8-;;;;;. The van der Waals surface area contributed by atoms with Gasteiger partial charge >= 0.3 is 111 Å². The van der Waals surface area contributed by atoms with Crippen molar-refractivity contribution in [3.8, 4) is 5.75 Å². The van der Waals surface area contributed by atoms with Crippen molar-refractivity contribution in [2.24, 2.45) is 5.92 Å². The predicted octanol–water partition coefficient (Wildman–Crippen LogP) is 5.93. The van der Waals surface area contributed by atoms with Crippen LogP contribution in [-0.4, -0.2) is 36.8 Å². The average Bonchev–Trinajstić information content (AvgIpc) is 3.08. The molecule has 1 unspecified atom stereocenters. The summed E-state index contributed by atoms with van der Waals surface area (Å²) in [7, 11) is 0. The van der Waals surface area contributed by atoms with E-state index >= 15 is 0 Å². The van der Waals surface area contributed by atoms with E-state index in [-0.39, 0.29) is 11.8 Å². The summed E-state index contributed by atoms with van der Waals surface area (Å²) in [5.41, 5.74) is 7.11. The van der Waals surface area contributed by atoms with Crippen molar-refractivity contribution in [3.05, 3.63) is 71.3 Å². The average molecular weight is 583 g/mol. The van der Waals surface area contributed by atoms with Crippen molar-refractivity contribution in [1.29, 1.82) is 0 Å². The van der Waals surface area contributed by atoms with Crippen LogP contribution in [0.3, 0.4) is 0 Å². The number of hydrazine groups is 1. The van der Waals surface area contributed by atoms with Crippen molar-refractivity contribution in [2.75, 3.05) is 11.6 Å². The molecule has 5 nitrogen and oxygen atoms in total. The second kappa shape index (κ2) is 13.0. The monoisotopic (exact) mass is 584 g/mol. The topological polar surface area (TPSA) is 58.6 Å². The minimum absolute atomic E-state index is 0.188. The molecule has 0 saturated carbocycles. The Morgan fingerprint density at radius 1 is 1.03 bits per heavy atom. The summed E-state index contributed by atoms with van der Waals surface area (Å²) in [4.78, 5) is 30.3. The van der Waals surface area contributed by atoms with Crippen LogP contribution in [0.15, 0.2) is 54.6 Å². The molecule has 0 aliphatic carbocycles. The number of hydrogen-bond donors (Lipinski definition) is 1. The molecule has 0 aromatic heterocycles. The molecular weight excluding hydrogens is 543 g/mol. The molecular formula is C29H40N2O3Sn. The van der Waals surface area contributed by atoms with E-state index in [0.29, 0.717) is 0 Å². The van der Waals surface area contributed by atoms with Crippen molar-refractivity contribution >= 4 is 45.5 Å². The zero-order valence-corrected chi connectivity index (χ0v) is 25.3. The van der Waals surface area contributed by atoms with Gasteiger partial charge in [-0.3, -0.25) is 0 Å². The molecule has 1 aliphatic heterocycles. The Balaban J connectivity index is 0.000000247. The number of aryl methyl sites for hydroxylation is 1. The number of ether oxygens (including phenoxy) is 1. The van der Waals surface area contributed by atoms with Crippen molar-refractivity contribution in [1.82, 2.24) is 5.43 Å². The minimum atomic E-state index is -2.05. The molecule has 0 radical (unpaired) electrons. The first-order chi connectivity index (χ1) is 16.5. The number of allylic oxidation sites excluding steroid dienone is 3. The molecule has 2 aromatic carbocycles. The number of carbonyl (C=O) groups excluding carboxylic acids is 2. The fourth-order valence-electron chi connectivity index (χ4n) is 3.49. The summed E-state index contributed by atoms with van der Waals surface area (Å²) in [5.74, 6) is -0.0340. The number of nitrogens with one attached hydrogen (secondary N) is 1. The summed E-state index contributed by atoms with van der Waals surface area (Å²) < 4.78 is 7.18. The molecule has 1 heterocycles. The van der Waals surface area contributed by atoms with Crippen LogP contribution in [-0.2, 0) is 9.59 Å². The van der Waals surface area contributed by atoms with E-state index < -0.39 is 24.3 Å². The van der Waals surface area contributed by atoms with Crippen molar-refractivity contribution in [3.63, 3.8) is 0 Å². The fraction of sp³-hybridized carbons (Fsp3) is 0.379. The van der Waals surface area contributed by atoms with Gasteiger partial charge in [0.2, 0.25) is 0 Å². The van der Waals surface area contributed by atoms with Crippen LogP contribution < -0.4 is 18.8 Å². The van der Waals surface area contributed by atoms with E-state index in [1.54, 1.807) is 6.92 Å². The predicted molar refractivity (Wildman–Crippen MR) is 150 cm³/mol. The number of nitrogens with zero attached hydrogens (tertiary/aromatic N) is 1. The second-order valence-corrected chi connectivity index (χ2v) is 24.3. The van der Waals surface area contributed by atoms with E-state index in [0.717, 1.165) is 24.5 Å². The van der Waals surface area contributed by atoms with Crippen LogP contribution in [0, 0.1) is 19.8 Å². The van der Waals surface area contributed by atoms with E-state index in [2.05, 4.69) is 77.4 Å². The SMILES string of the molecule is C/C=C\C=C/c1c(OCCC)ccc(C)c1C.CC1C(=O)NN(c2cc[c]([Sn]([CH3])([CH3])[CH3])cc2)C1=O. The third-order valence-electron chi connectivity index (χ3n) is 5.97. The normalized spacial score (nSPS) is 16.0. The van der Waals surface area contributed by atoms with Crippen LogP contribution >= 0.6 is 0 Å². The second-order valence-electron chi connectivity index (χ2n) is 9.82. The van der Waals surface area contributed by atoms with Crippen molar-refractivity contribution in [2.45, 2.75) is 55.9 Å².